The second-order valence-corrected chi connectivity index (χ2v) is 4.35. The van der Waals surface area contributed by atoms with Crippen LogP contribution in [0.4, 0.5) is 0 Å². The molecule has 0 saturated heterocycles. The number of nitrogens with one attached hydrogen (secondary N) is 1. The van der Waals surface area contributed by atoms with Gasteiger partial charge in [-0.25, -0.2) is 4.98 Å². The van der Waals surface area contributed by atoms with Crippen LogP contribution in [0.25, 0.3) is 11.1 Å². The molecular weight excluding hydrogens is 228 g/mol. The molecule has 1 amide bonds. The van der Waals surface area contributed by atoms with Gasteiger partial charge in [-0.2, -0.15) is 0 Å². The van der Waals surface area contributed by atoms with E-state index >= 15 is 0 Å². The first-order valence-electron chi connectivity index (χ1n) is 6.42. The third kappa shape index (κ3) is 3.09. The van der Waals surface area contributed by atoms with Crippen LogP contribution in [0.1, 0.15) is 43.0 Å². The third-order valence-electron chi connectivity index (χ3n) is 2.91. The minimum Gasteiger partial charge on any atom is -0.443 e. The number of hydrogen-bond acceptors (Lipinski definition) is 3. The summed E-state index contributed by atoms with van der Waals surface area (Å²) in [5.41, 5.74) is 2.05. The first-order valence-corrected chi connectivity index (χ1v) is 6.42. The molecule has 0 aliphatic carbocycles. The molecule has 0 aliphatic heterocycles. The van der Waals surface area contributed by atoms with E-state index in [9.17, 15) is 4.79 Å². The molecule has 0 saturated carbocycles. The van der Waals surface area contributed by atoms with Crippen molar-refractivity contribution in [2.24, 2.45) is 0 Å². The molecule has 4 nitrogen and oxygen atoms in total. The normalized spacial score (nSPS) is 10.7. The number of amides is 1. The average molecular weight is 246 g/mol. The van der Waals surface area contributed by atoms with Crippen molar-refractivity contribution in [1.82, 2.24) is 10.3 Å². The van der Waals surface area contributed by atoms with Crippen molar-refractivity contribution in [3.63, 3.8) is 0 Å². The van der Waals surface area contributed by atoms with Gasteiger partial charge in [0.2, 0.25) is 0 Å². The van der Waals surface area contributed by atoms with Gasteiger partial charge in [0, 0.05) is 12.1 Å². The fourth-order valence-corrected chi connectivity index (χ4v) is 1.85. The van der Waals surface area contributed by atoms with Gasteiger partial charge in [-0.1, -0.05) is 26.2 Å². The maximum atomic E-state index is 11.9. The van der Waals surface area contributed by atoms with E-state index in [1.807, 2.05) is 0 Å². The molecule has 0 atom stereocenters. The van der Waals surface area contributed by atoms with E-state index in [2.05, 4.69) is 17.2 Å². The topological polar surface area (TPSA) is 55.1 Å². The lowest BCUT2D eigenvalue weighted by Gasteiger charge is -2.04. The Morgan fingerprint density at radius 2 is 2.22 bits per heavy atom. The summed E-state index contributed by atoms with van der Waals surface area (Å²) in [7, 11) is 0. The monoisotopic (exact) mass is 246 g/mol. The highest BCUT2D eigenvalue weighted by Crippen LogP contribution is 2.14. The highest BCUT2D eigenvalue weighted by atomic mass is 16.3. The van der Waals surface area contributed by atoms with Gasteiger partial charge in [-0.15, -0.1) is 0 Å². The van der Waals surface area contributed by atoms with Crippen LogP contribution in [-0.4, -0.2) is 17.4 Å². The minimum absolute atomic E-state index is 0.0450. The van der Waals surface area contributed by atoms with E-state index in [0.717, 1.165) is 13.0 Å². The summed E-state index contributed by atoms with van der Waals surface area (Å²) in [5.74, 6) is -0.0450. The number of fused-ring (bicyclic) bond motifs is 1. The molecule has 0 aliphatic rings. The molecule has 1 aromatic carbocycles. The molecule has 0 radical (unpaired) electrons. The van der Waals surface area contributed by atoms with Crippen molar-refractivity contribution >= 4 is 17.0 Å². The van der Waals surface area contributed by atoms with Crippen LogP contribution in [0.15, 0.2) is 29.0 Å². The highest BCUT2D eigenvalue weighted by Gasteiger charge is 2.07. The molecule has 96 valence electrons. The Morgan fingerprint density at radius 1 is 1.33 bits per heavy atom. The fraction of sp³-hybridized carbons (Fsp3) is 0.429. The standard InChI is InChI=1S/C14H18N2O2/c1-2-3-4-5-8-15-14(17)11-6-7-13-12(9-11)16-10-18-13/h6-7,9-10H,2-5,8H2,1H3,(H,15,17). The van der Waals surface area contributed by atoms with Crippen molar-refractivity contribution in [2.75, 3.05) is 6.54 Å². The molecule has 2 aromatic rings. The summed E-state index contributed by atoms with van der Waals surface area (Å²) >= 11 is 0. The van der Waals surface area contributed by atoms with Gasteiger partial charge >= 0.3 is 0 Å². The van der Waals surface area contributed by atoms with Crippen LogP contribution in [0, 0.1) is 0 Å². The van der Waals surface area contributed by atoms with Gasteiger partial charge in [0.25, 0.3) is 5.91 Å². The zero-order chi connectivity index (χ0) is 12.8. The number of carbonyl (C=O) groups is 1. The zero-order valence-corrected chi connectivity index (χ0v) is 10.6. The first-order chi connectivity index (χ1) is 8.81. The lowest BCUT2D eigenvalue weighted by atomic mass is 10.2. The van der Waals surface area contributed by atoms with E-state index in [-0.39, 0.29) is 5.91 Å². The molecule has 1 aromatic heterocycles. The molecule has 0 fully saturated rings. The SMILES string of the molecule is CCCCCCNC(=O)c1ccc2ocnc2c1. The van der Waals surface area contributed by atoms with Gasteiger partial charge in [0.1, 0.15) is 5.52 Å². The molecule has 18 heavy (non-hydrogen) atoms. The minimum atomic E-state index is -0.0450. The molecule has 0 spiro atoms. The Labute approximate surface area is 106 Å². The smallest absolute Gasteiger partial charge is 0.251 e. The lowest BCUT2D eigenvalue weighted by Crippen LogP contribution is -2.24. The third-order valence-corrected chi connectivity index (χ3v) is 2.91. The van der Waals surface area contributed by atoms with E-state index in [4.69, 9.17) is 4.42 Å². The van der Waals surface area contributed by atoms with Crippen molar-refractivity contribution in [2.45, 2.75) is 32.6 Å². The summed E-state index contributed by atoms with van der Waals surface area (Å²) in [6.07, 6.45) is 6.01. The Morgan fingerprint density at radius 3 is 3.06 bits per heavy atom. The summed E-state index contributed by atoms with van der Waals surface area (Å²) < 4.78 is 5.14. The van der Waals surface area contributed by atoms with E-state index < -0.39 is 0 Å². The maximum Gasteiger partial charge on any atom is 0.251 e. The molecule has 1 heterocycles. The van der Waals surface area contributed by atoms with Crippen molar-refractivity contribution < 1.29 is 9.21 Å². The average Bonchev–Trinajstić information content (AvgIpc) is 2.85. The molecule has 0 unspecified atom stereocenters. The van der Waals surface area contributed by atoms with Crippen molar-refractivity contribution in [1.29, 1.82) is 0 Å². The highest BCUT2D eigenvalue weighted by molar-refractivity contribution is 5.96. The quantitative estimate of drug-likeness (QED) is 0.797. The zero-order valence-electron chi connectivity index (χ0n) is 10.6. The second kappa shape index (κ2) is 6.19. The Balaban J connectivity index is 1.88. The van der Waals surface area contributed by atoms with Crippen molar-refractivity contribution in [3.05, 3.63) is 30.2 Å². The molecule has 0 bridgehead atoms. The van der Waals surface area contributed by atoms with Gasteiger partial charge < -0.3 is 9.73 Å². The second-order valence-electron chi connectivity index (χ2n) is 4.35. The lowest BCUT2D eigenvalue weighted by molar-refractivity contribution is 0.0953. The summed E-state index contributed by atoms with van der Waals surface area (Å²) in [4.78, 5) is 15.9. The predicted octanol–water partition coefficient (Wildman–Crippen LogP) is 3.14. The van der Waals surface area contributed by atoms with Crippen LogP contribution in [-0.2, 0) is 0 Å². The molecule has 1 N–H and O–H groups in total. The first kappa shape index (κ1) is 12.6. The molecular formula is C14H18N2O2. The maximum absolute atomic E-state index is 11.9. The number of aromatic nitrogens is 1. The Hall–Kier alpha value is -1.84. The largest absolute Gasteiger partial charge is 0.443 e. The van der Waals surface area contributed by atoms with Gasteiger partial charge in [-0.3, -0.25) is 4.79 Å². The summed E-state index contributed by atoms with van der Waals surface area (Å²) in [6.45, 7) is 2.90. The van der Waals surface area contributed by atoms with Gasteiger partial charge in [0.15, 0.2) is 12.0 Å². The molecule has 4 heteroatoms. The van der Waals surface area contributed by atoms with Crippen LogP contribution in [0.5, 0.6) is 0 Å². The van der Waals surface area contributed by atoms with Crippen LogP contribution < -0.4 is 5.32 Å². The van der Waals surface area contributed by atoms with Crippen LogP contribution in [0.2, 0.25) is 0 Å². The number of benzene rings is 1. The summed E-state index contributed by atoms with van der Waals surface area (Å²) in [6, 6.07) is 5.28. The Kier molecular flexibility index (Phi) is 4.34. The van der Waals surface area contributed by atoms with E-state index in [0.29, 0.717) is 16.7 Å². The van der Waals surface area contributed by atoms with Crippen LogP contribution >= 0.6 is 0 Å². The molecule has 2 rings (SSSR count). The van der Waals surface area contributed by atoms with E-state index in [1.165, 1.54) is 25.7 Å². The number of hydrogen-bond donors (Lipinski definition) is 1. The van der Waals surface area contributed by atoms with E-state index in [1.54, 1.807) is 18.2 Å². The number of nitrogens with zero attached hydrogens (tertiary/aromatic N) is 1. The van der Waals surface area contributed by atoms with Gasteiger partial charge in [0.05, 0.1) is 0 Å². The van der Waals surface area contributed by atoms with Crippen molar-refractivity contribution in [3.8, 4) is 0 Å². The fourth-order valence-electron chi connectivity index (χ4n) is 1.85. The number of rotatable bonds is 6. The van der Waals surface area contributed by atoms with Gasteiger partial charge in [-0.05, 0) is 24.6 Å². The number of oxazole rings is 1. The number of carbonyl (C=O) groups excluding carboxylic acids is 1. The number of unbranched alkanes of at least 4 members (excludes halogenated alkanes) is 3. The predicted molar refractivity (Wildman–Crippen MR) is 70.5 cm³/mol. The summed E-state index contributed by atoms with van der Waals surface area (Å²) in [5, 5.41) is 2.92. The van der Waals surface area contributed by atoms with Crippen LogP contribution in [0.3, 0.4) is 0 Å². The Bertz CT molecular complexity index is 519.